The summed E-state index contributed by atoms with van der Waals surface area (Å²) in [6.07, 6.45) is 0. The van der Waals surface area contributed by atoms with Gasteiger partial charge in [0.25, 0.3) is 0 Å². The molecule has 0 saturated heterocycles. The molecule has 0 saturated carbocycles. The fourth-order valence-electron chi connectivity index (χ4n) is 2.05. The molecule has 0 aliphatic heterocycles. The van der Waals surface area contributed by atoms with Gasteiger partial charge in [0.15, 0.2) is 5.58 Å². The van der Waals surface area contributed by atoms with E-state index in [1.54, 1.807) is 19.2 Å². The zero-order chi connectivity index (χ0) is 13.4. The highest BCUT2D eigenvalue weighted by Gasteiger charge is 2.13. The molecule has 2 aromatic carbocycles. The van der Waals surface area contributed by atoms with Gasteiger partial charge in [0, 0.05) is 5.69 Å². The predicted octanol–water partition coefficient (Wildman–Crippen LogP) is 3.39. The largest absolute Gasteiger partial charge is 0.496 e. The van der Waals surface area contributed by atoms with Crippen LogP contribution in [0.2, 0.25) is 0 Å². The molecule has 3 rings (SSSR count). The van der Waals surface area contributed by atoms with E-state index in [0.717, 1.165) is 22.4 Å². The van der Waals surface area contributed by atoms with Gasteiger partial charge in [-0.15, -0.1) is 0 Å². The second-order valence-corrected chi connectivity index (χ2v) is 4.45. The lowest BCUT2D eigenvalue weighted by Crippen LogP contribution is -1.88. The van der Waals surface area contributed by atoms with Crippen molar-refractivity contribution in [2.75, 3.05) is 12.8 Å². The van der Waals surface area contributed by atoms with Gasteiger partial charge >= 0.3 is 0 Å². The molecule has 4 heteroatoms. The fraction of sp³-hybridized carbons (Fsp3) is 0.133. The maximum Gasteiger partial charge on any atom is 0.231 e. The Hall–Kier alpha value is -2.49. The molecule has 0 unspecified atom stereocenters. The van der Waals surface area contributed by atoms with E-state index >= 15 is 0 Å². The maximum atomic E-state index is 5.76. The molecule has 0 atom stereocenters. The molecular formula is C15H14N2O2. The average Bonchev–Trinajstić information content (AvgIpc) is 2.81. The number of nitrogens with zero attached hydrogens (tertiary/aromatic N) is 1. The molecule has 2 N–H and O–H groups in total. The summed E-state index contributed by atoms with van der Waals surface area (Å²) >= 11 is 0. The molecular weight excluding hydrogens is 240 g/mol. The number of oxazole rings is 1. The molecule has 0 spiro atoms. The first-order chi connectivity index (χ1) is 9.17. The van der Waals surface area contributed by atoms with Gasteiger partial charge in [-0.05, 0) is 37.3 Å². The number of fused-ring (bicyclic) bond motifs is 1. The van der Waals surface area contributed by atoms with Crippen molar-refractivity contribution in [2.45, 2.75) is 6.92 Å². The molecule has 1 aromatic heterocycles. The highest BCUT2D eigenvalue weighted by Crippen LogP contribution is 2.32. The minimum absolute atomic E-state index is 0.543. The van der Waals surface area contributed by atoms with Crippen LogP contribution in [0.25, 0.3) is 22.6 Å². The number of nitrogen functional groups attached to an aromatic ring is 1. The normalized spacial score (nSPS) is 10.8. The van der Waals surface area contributed by atoms with E-state index in [9.17, 15) is 0 Å². The van der Waals surface area contributed by atoms with Crippen molar-refractivity contribution in [2.24, 2.45) is 0 Å². The lowest BCUT2D eigenvalue weighted by atomic mass is 10.1. The van der Waals surface area contributed by atoms with Gasteiger partial charge in [0.2, 0.25) is 5.89 Å². The van der Waals surface area contributed by atoms with Gasteiger partial charge < -0.3 is 14.9 Å². The second kappa shape index (κ2) is 4.31. The first-order valence-electron chi connectivity index (χ1n) is 5.98. The number of rotatable bonds is 2. The Kier molecular flexibility index (Phi) is 2.63. The summed E-state index contributed by atoms with van der Waals surface area (Å²) in [5.41, 5.74) is 9.85. The average molecular weight is 254 g/mol. The molecule has 4 nitrogen and oxygen atoms in total. The Labute approximate surface area is 110 Å². The van der Waals surface area contributed by atoms with E-state index in [1.807, 2.05) is 31.2 Å². The molecule has 1 heterocycles. The van der Waals surface area contributed by atoms with Crippen LogP contribution >= 0.6 is 0 Å². The van der Waals surface area contributed by atoms with Crippen molar-refractivity contribution in [1.82, 2.24) is 4.98 Å². The Bertz CT molecular complexity index is 747. The van der Waals surface area contributed by atoms with Crippen LogP contribution < -0.4 is 10.5 Å². The molecule has 0 radical (unpaired) electrons. The summed E-state index contributed by atoms with van der Waals surface area (Å²) in [4.78, 5) is 4.47. The highest BCUT2D eigenvalue weighted by molar-refractivity contribution is 5.80. The van der Waals surface area contributed by atoms with Gasteiger partial charge in [0.05, 0.1) is 12.7 Å². The molecule has 0 bridgehead atoms. The minimum atomic E-state index is 0.543. The first-order valence-corrected chi connectivity index (χ1v) is 5.98. The number of methoxy groups -OCH3 is 1. The van der Waals surface area contributed by atoms with Crippen molar-refractivity contribution in [3.05, 3.63) is 42.0 Å². The highest BCUT2D eigenvalue weighted by atomic mass is 16.5. The van der Waals surface area contributed by atoms with E-state index in [1.165, 1.54) is 0 Å². The van der Waals surface area contributed by atoms with Crippen molar-refractivity contribution in [1.29, 1.82) is 0 Å². The fourth-order valence-corrected chi connectivity index (χ4v) is 2.05. The van der Waals surface area contributed by atoms with E-state index in [0.29, 0.717) is 17.2 Å². The summed E-state index contributed by atoms with van der Waals surface area (Å²) < 4.78 is 11.1. The van der Waals surface area contributed by atoms with Crippen molar-refractivity contribution in [3.8, 4) is 17.2 Å². The Balaban J connectivity index is 2.21. The third kappa shape index (κ3) is 2.01. The van der Waals surface area contributed by atoms with E-state index in [4.69, 9.17) is 14.9 Å². The van der Waals surface area contributed by atoms with Crippen LogP contribution in [0, 0.1) is 6.92 Å². The van der Waals surface area contributed by atoms with Crippen LogP contribution in [-0.2, 0) is 0 Å². The lowest BCUT2D eigenvalue weighted by Gasteiger charge is -2.05. The van der Waals surface area contributed by atoms with Crippen molar-refractivity contribution >= 4 is 16.8 Å². The van der Waals surface area contributed by atoms with Gasteiger partial charge in [-0.2, -0.15) is 0 Å². The number of nitrogens with two attached hydrogens (primary N) is 1. The number of hydrogen-bond acceptors (Lipinski definition) is 4. The molecule has 0 amide bonds. The molecule has 0 aliphatic rings. The van der Waals surface area contributed by atoms with E-state index in [-0.39, 0.29) is 0 Å². The van der Waals surface area contributed by atoms with E-state index in [2.05, 4.69) is 4.98 Å². The van der Waals surface area contributed by atoms with Crippen LogP contribution in [0.3, 0.4) is 0 Å². The third-order valence-corrected chi connectivity index (χ3v) is 3.00. The number of hydrogen-bond donors (Lipinski definition) is 1. The monoisotopic (exact) mass is 254 g/mol. The first kappa shape index (κ1) is 11.6. The lowest BCUT2D eigenvalue weighted by molar-refractivity contribution is 0.414. The van der Waals surface area contributed by atoms with Crippen LogP contribution in [0.1, 0.15) is 5.56 Å². The molecule has 96 valence electrons. The number of ether oxygens (including phenoxy) is 1. The van der Waals surface area contributed by atoms with Crippen LogP contribution in [0.4, 0.5) is 5.69 Å². The standard InChI is InChI=1S/C15H14N2O2/c1-9-3-5-13(18-2)11(7-9)15-17-12-8-10(16)4-6-14(12)19-15/h3-8H,16H2,1-2H3. The van der Waals surface area contributed by atoms with Crippen molar-refractivity contribution in [3.63, 3.8) is 0 Å². The van der Waals surface area contributed by atoms with Crippen LogP contribution in [0.5, 0.6) is 5.75 Å². The van der Waals surface area contributed by atoms with E-state index < -0.39 is 0 Å². The molecule has 3 aromatic rings. The summed E-state index contributed by atoms with van der Waals surface area (Å²) in [6, 6.07) is 11.3. The Morgan fingerprint density at radius 1 is 1.16 bits per heavy atom. The van der Waals surface area contributed by atoms with Crippen LogP contribution in [-0.4, -0.2) is 12.1 Å². The Morgan fingerprint density at radius 2 is 2.00 bits per heavy atom. The maximum absolute atomic E-state index is 5.76. The predicted molar refractivity (Wildman–Crippen MR) is 75.1 cm³/mol. The smallest absolute Gasteiger partial charge is 0.231 e. The number of benzene rings is 2. The number of aromatic nitrogens is 1. The summed E-state index contributed by atoms with van der Waals surface area (Å²) in [7, 11) is 1.63. The summed E-state index contributed by atoms with van der Waals surface area (Å²) in [5, 5.41) is 0. The Morgan fingerprint density at radius 3 is 2.79 bits per heavy atom. The zero-order valence-electron chi connectivity index (χ0n) is 10.8. The molecule has 19 heavy (non-hydrogen) atoms. The quantitative estimate of drug-likeness (QED) is 0.712. The SMILES string of the molecule is COc1ccc(C)cc1-c1nc2cc(N)ccc2o1. The van der Waals surface area contributed by atoms with Gasteiger partial charge in [0.1, 0.15) is 11.3 Å². The summed E-state index contributed by atoms with van der Waals surface area (Å²) in [6.45, 7) is 2.02. The van der Waals surface area contributed by atoms with Crippen molar-refractivity contribution < 1.29 is 9.15 Å². The zero-order valence-corrected chi connectivity index (χ0v) is 10.8. The topological polar surface area (TPSA) is 61.3 Å². The summed E-state index contributed by atoms with van der Waals surface area (Å²) in [5.74, 6) is 1.28. The minimum Gasteiger partial charge on any atom is -0.496 e. The second-order valence-electron chi connectivity index (χ2n) is 4.45. The van der Waals surface area contributed by atoms with Gasteiger partial charge in [-0.3, -0.25) is 0 Å². The van der Waals surface area contributed by atoms with Gasteiger partial charge in [-0.25, -0.2) is 4.98 Å². The third-order valence-electron chi connectivity index (χ3n) is 3.00. The molecule has 0 aliphatic carbocycles. The number of aryl methyl sites for hydroxylation is 1. The van der Waals surface area contributed by atoms with Gasteiger partial charge in [-0.1, -0.05) is 11.6 Å². The van der Waals surface area contributed by atoms with Crippen LogP contribution in [0.15, 0.2) is 40.8 Å². The molecule has 0 fully saturated rings. The number of anilines is 1.